The summed E-state index contributed by atoms with van der Waals surface area (Å²) in [4.78, 5) is 11.4. The molecule has 1 fully saturated rings. The van der Waals surface area contributed by atoms with E-state index >= 15 is 0 Å². The average Bonchev–Trinajstić information content (AvgIpc) is 3.50. The molecule has 0 spiro atoms. The van der Waals surface area contributed by atoms with Crippen LogP contribution in [-0.4, -0.2) is 52.0 Å². The number of aromatic nitrogens is 3. The van der Waals surface area contributed by atoms with Gasteiger partial charge in [0, 0.05) is 36.3 Å². The molecule has 10 heteroatoms. The second kappa shape index (κ2) is 9.96. The van der Waals surface area contributed by atoms with E-state index < -0.39 is 10.0 Å². The van der Waals surface area contributed by atoms with Crippen LogP contribution in [-0.2, 0) is 14.8 Å². The summed E-state index contributed by atoms with van der Waals surface area (Å²) in [7, 11) is -3.83. The predicted molar refractivity (Wildman–Crippen MR) is 151 cm³/mol. The second-order valence-electron chi connectivity index (χ2n) is 10.2. The van der Waals surface area contributed by atoms with E-state index in [9.17, 15) is 8.42 Å². The number of benzene rings is 2. The molecule has 1 N–H and O–H groups in total. The predicted octanol–water partition coefficient (Wildman–Crippen LogP) is 5.76. The minimum Gasteiger partial charge on any atom is -0.474 e. The molecule has 0 unspecified atom stereocenters. The van der Waals surface area contributed by atoms with E-state index in [0.29, 0.717) is 40.2 Å². The molecule has 1 aliphatic rings. The summed E-state index contributed by atoms with van der Waals surface area (Å²) in [5.74, 6) is 1.06. The quantitative estimate of drug-likeness (QED) is 0.292. The van der Waals surface area contributed by atoms with Gasteiger partial charge in [-0.2, -0.15) is 0 Å². The van der Waals surface area contributed by atoms with Crippen LogP contribution in [0.3, 0.4) is 0 Å². The number of para-hydroxylation sites is 1. The first-order chi connectivity index (χ1) is 18.0. The van der Waals surface area contributed by atoms with Crippen molar-refractivity contribution in [2.45, 2.75) is 43.7 Å². The highest BCUT2D eigenvalue weighted by atomic mass is 35.5. The van der Waals surface area contributed by atoms with Crippen molar-refractivity contribution in [3.8, 4) is 11.3 Å². The van der Waals surface area contributed by atoms with Crippen molar-refractivity contribution in [1.82, 2.24) is 18.8 Å². The number of hydrogen-bond donors (Lipinski definition) is 1. The van der Waals surface area contributed by atoms with Gasteiger partial charge >= 0.3 is 0 Å². The number of hydrogen-bond acceptors (Lipinski definition) is 7. The van der Waals surface area contributed by atoms with Gasteiger partial charge in [0.05, 0.1) is 27.3 Å². The summed E-state index contributed by atoms with van der Waals surface area (Å²) in [6.45, 7) is 11.6. The number of nitrogens with one attached hydrogen (secondary N) is 1. The van der Waals surface area contributed by atoms with Crippen molar-refractivity contribution < 1.29 is 13.2 Å². The van der Waals surface area contributed by atoms with Crippen LogP contribution in [0.25, 0.3) is 22.2 Å². The van der Waals surface area contributed by atoms with Crippen LogP contribution in [0, 0.1) is 0 Å². The van der Waals surface area contributed by atoms with Crippen LogP contribution in [0.15, 0.2) is 84.3 Å². The van der Waals surface area contributed by atoms with Crippen LogP contribution in [0.4, 0.5) is 5.95 Å². The highest BCUT2D eigenvalue weighted by molar-refractivity contribution is 7.90. The molecule has 0 radical (unpaired) electrons. The van der Waals surface area contributed by atoms with Crippen LogP contribution >= 0.6 is 11.6 Å². The Balaban J connectivity index is 1.46. The molecule has 1 saturated heterocycles. The summed E-state index contributed by atoms with van der Waals surface area (Å²) in [6, 6.07) is 15.7. The molecular weight excluding hydrogens is 522 g/mol. The van der Waals surface area contributed by atoms with Crippen molar-refractivity contribution in [2.75, 3.05) is 18.4 Å². The van der Waals surface area contributed by atoms with E-state index in [1.165, 1.54) is 3.97 Å². The summed E-state index contributed by atoms with van der Waals surface area (Å²) >= 11 is 6.57. The lowest BCUT2D eigenvalue weighted by molar-refractivity contribution is 0.00875. The highest BCUT2D eigenvalue weighted by Gasteiger charge is 2.28. The fourth-order valence-electron chi connectivity index (χ4n) is 4.57. The minimum atomic E-state index is -3.83. The maximum Gasteiger partial charge on any atom is 0.268 e. The summed E-state index contributed by atoms with van der Waals surface area (Å²) < 4.78 is 34.2. The Bertz CT molecular complexity index is 1600. The molecule has 198 valence electrons. The van der Waals surface area contributed by atoms with Crippen molar-refractivity contribution in [2.24, 2.45) is 0 Å². The van der Waals surface area contributed by atoms with Gasteiger partial charge < -0.3 is 15.0 Å². The molecule has 5 rings (SSSR count). The van der Waals surface area contributed by atoms with Crippen molar-refractivity contribution in [1.29, 1.82) is 0 Å². The molecule has 2 aromatic heterocycles. The Kier molecular flexibility index (Phi) is 6.83. The lowest BCUT2D eigenvalue weighted by Gasteiger charge is -2.28. The van der Waals surface area contributed by atoms with Gasteiger partial charge in [0.1, 0.15) is 5.60 Å². The third kappa shape index (κ3) is 5.21. The van der Waals surface area contributed by atoms with Gasteiger partial charge in [-0.1, -0.05) is 48.0 Å². The largest absolute Gasteiger partial charge is 0.474 e. The van der Waals surface area contributed by atoms with Crippen LogP contribution in [0.5, 0.6) is 0 Å². The van der Waals surface area contributed by atoms with Crippen LogP contribution in [0.1, 0.15) is 27.2 Å². The lowest BCUT2D eigenvalue weighted by atomic mass is 10.1. The molecule has 0 amide bonds. The van der Waals surface area contributed by atoms with Crippen LogP contribution < -0.4 is 5.32 Å². The van der Waals surface area contributed by atoms with Gasteiger partial charge in [-0.05, 0) is 52.0 Å². The van der Waals surface area contributed by atoms with Crippen molar-refractivity contribution in [3.05, 3.63) is 84.5 Å². The maximum atomic E-state index is 13.5. The van der Waals surface area contributed by atoms with E-state index in [0.717, 1.165) is 18.4 Å². The van der Waals surface area contributed by atoms with E-state index in [1.54, 1.807) is 54.9 Å². The molecule has 0 saturated carbocycles. The zero-order valence-corrected chi connectivity index (χ0v) is 23.1. The van der Waals surface area contributed by atoms with Gasteiger partial charge in [-0.3, -0.25) is 0 Å². The smallest absolute Gasteiger partial charge is 0.268 e. The Hall–Kier alpha value is -3.56. The molecule has 4 aromatic rings. The molecular formula is C28H30ClN5O3S. The van der Waals surface area contributed by atoms with Crippen LogP contribution in [0.2, 0.25) is 5.02 Å². The molecule has 0 bridgehead atoms. The van der Waals surface area contributed by atoms with E-state index in [-0.39, 0.29) is 16.5 Å². The fraction of sp³-hybridized carbons (Fsp3) is 0.286. The van der Waals surface area contributed by atoms with E-state index in [4.69, 9.17) is 21.3 Å². The standard InChI is InChI=1S/C28H30ClN5O3S/c1-19(37-28(2,3)4)33-15-14-20(17-33)31-27-30-16-24(29)26(32-27)23-18-34(25-13-9-8-12-22(23)25)38(35,36)21-10-6-5-7-11-21/h5-13,16,18,20H,1,14-15,17H2,2-4H3,(H,30,31,32)/t20-/m1/s1. The molecule has 1 atom stereocenters. The Morgan fingerprint density at radius 1 is 1.13 bits per heavy atom. The Morgan fingerprint density at radius 2 is 1.84 bits per heavy atom. The van der Waals surface area contributed by atoms with Gasteiger partial charge in [-0.25, -0.2) is 22.4 Å². The summed E-state index contributed by atoms with van der Waals surface area (Å²) in [6.07, 6.45) is 3.98. The Morgan fingerprint density at radius 3 is 2.58 bits per heavy atom. The normalized spacial score (nSPS) is 16.1. The molecule has 1 aliphatic heterocycles. The molecule has 3 heterocycles. The summed E-state index contributed by atoms with van der Waals surface area (Å²) in [5, 5.41) is 4.45. The highest BCUT2D eigenvalue weighted by Crippen LogP contribution is 2.36. The third-order valence-corrected chi connectivity index (χ3v) is 8.24. The number of ether oxygens (including phenoxy) is 1. The number of nitrogens with zero attached hydrogens (tertiary/aromatic N) is 4. The number of fused-ring (bicyclic) bond motifs is 1. The molecule has 38 heavy (non-hydrogen) atoms. The SMILES string of the molecule is C=C(OC(C)(C)C)N1CC[C@@H](Nc2ncc(Cl)c(-c3cn(S(=O)(=O)c4ccccc4)c4ccccc34)n2)C1. The first-order valence-electron chi connectivity index (χ1n) is 12.4. The third-order valence-electron chi connectivity index (χ3n) is 6.28. The molecule has 8 nitrogen and oxygen atoms in total. The fourth-order valence-corrected chi connectivity index (χ4v) is 6.16. The maximum absolute atomic E-state index is 13.5. The topological polar surface area (TPSA) is 89.4 Å². The molecule has 2 aromatic carbocycles. The second-order valence-corrected chi connectivity index (χ2v) is 12.5. The van der Waals surface area contributed by atoms with Gasteiger partial charge in [-0.15, -0.1) is 0 Å². The number of likely N-dealkylation sites (tertiary alicyclic amines) is 1. The first kappa shape index (κ1) is 26.1. The number of halogens is 1. The van der Waals surface area contributed by atoms with Gasteiger partial charge in [0.2, 0.25) is 5.95 Å². The zero-order valence-electron chi connectivity index (χ0n) is 21.6. The first-order valence-corrected chi connectivity index (χ1v) is 14.2. The van der Waals surface area contributed by atoms with E-state index in [2.05, 4.69) is 21.8 Å². The molecule has 0 aliphatic carbocycles. The van der Waals surface area contributed by atoms with Gasteiger partial charge in [0.25, 0.3) is 10.0 Å². The number of anilines is 1. The van der Waals surface area contributed by atoms with E-state index in [1.807, 2.05) is 32.9 Å². The van der Waals surface area contributed by atoms with Gasteiger partial charge in [0.15, 0.2) is 5.88 Å². The minimum absolute atomic E-state index is 0.0872. The summed E-state index contributed by atoms with van der Waals surface area (Å²) in [5.41, 5.74) is 1.29. The lowest BCUT2D eigenvalue weighted by Crippen LogP contribution is -2.30. The zero-order chi connectivity index (χ0) is 27.1. The monoisotopic (exact) mass is 551 g/mol. The Labute approximate surface area is 228 Å². The van der Waals surface area contributed by atoms with Crippen molar-refractivity contribution >= 4 is 38.5 Å². The number of rotatable bonds is 7. The van der Waals surface area contributed by atoms with Crippen molar-refractivity contribution in [3.63, 3.8) is 0 Å². The average molecular weight is 552 g/mol.